The summed E-state index contributed by atoms with van der Waals surface area (Å²) in [5.41, 5.74) is 0. The van der Waals surface area contributed by atoms with Crippen molar-refractivity contribution in [3.8, 4) is 0 Å². The Bertz CT molecular complexity index is 95.7. The summed E-state index contributed by atoms with van der Waals surface area (Å²) in [6, 6.07) is 1.58. The Kier molecular flexibility index (Phi) is 3.87. The normalized spacial score (nSPS) is 21.0. The van der Waals surface area contributed by atoms with Crippen LogP contribution in [0, 0.1) is 6.04 Å². The van der Waals surface area contributed by atoms with Gasteiger partial charge in [0.2, 0.25) is 0 Å². The molecule has 2 nitrogen and oxygen atoms in total. The number of morpholine rings is 1. The van der Waals surface area contributed by atoms with Crippen molar-refractivity contribution in [1.82, 2.24) is 4.90 Å². The van der Waals surface area contributed by atoms with E-state index in [0.29, 0.717) is 0 Å². The van der Waals surface area contributed by atoms with Crippen LogP contribution in [0.15, 0.2) is 0 Å². The summed E-state index contributed by atoms with van der Waals surface area (Å²) in [5.74, 6) is 0. The van der Waals surface area contributed by atoms with Crippen LogP contribution in [0.4, 0.5) is 0 Å². The number of hydrogen-bond donors (Lipinski definition) is 0. The highest BCUT2D eigenvalue weighted by Gasteiger charge is 2.17. The van der Waals surface area contributed by atoms with Crippen molar-refractivity contribution < 1.29 is 4.74 Å². The lowest BCUT2D eigenvalue weighted by Gasteiger charge is -2.32. The highest BCUT2D eigenvalue weighted by molar-refractivity contribution is 4.87. The van der Waals surface area contributed by atoms with E-state index in [0.717, 1.165) is 26.3 Å². The summed E-state index contributed by atoms with van der Waals surface area (Å²) in [5, 5.41) is 0. The highest BCUT2D eigenvalue weighted by atomic mass is 16.5. The molecule has 0 aromatic heterocycles. The van der Waals surface area contributed by atoms with E-state index in [-0.39, 0.29) is 0 Å². The third-order valence-corrected chi connectivity index (χ3v) is 2.27. The Balaban J connectivity index is 2.30. The second-order valence-electron chi connectivity index (χ2n) is 2.87. The van der Waals surface area contributed by atoms with Gasteiger partial charge >= 0.3 is 0 Å². The summed E-state index contributed by atoms with van der Waals surface area (Å²) in [4.78, 5) is 2.46. The summed E-state index contributed by atoms with van der Waals surface area (Å²) < 4.78 is 5.28. The van der Waals surface area contributed by atoms with Gasteiger partial charge in [0.15, 0.2) is 0 Å². The first-order chi connectivity index (χ1) is 5.38. The number of hydrogen-bond acceptors (Lipinski definition) is 2. The molecule has 11 heavy (non-hydrogen) atoms. The van der Waals surface area contributed by atoms with Crippen LogP contribution < -0.4 is 0 Å². The van der Waals surface area contributed by atoms with Crippen molar-refractivity contribution in [3.05, 3.63) is 6.04 Å². The lowest BCUT2D eigenvalue weighted by molar-refractivity contribution is 0.0381. The lowest BCUT2D eigenvalue weighted by atomic mass is 10.1. The largest absolute Gasteiger partial charge is 0.379 e. The molecule has 1 saturated heterocycles. The van der Waals surface area contributed by atoms with Crippen molar-refractivity contribution in [2.24, 2.45) is 0 Å². The second-order valence-corrected chi connectivity index (χ2v) is 2.87. The maximum absolute atomic E-state index is 5.28. The topological polar surface area (TPSA) is 12.5 Å². The maximum Gasteiger partial charge on any atom is 0.0594 e. The standard InChI is InChI=1S/C9H18NO/c1-3-9(4-2)10-5-7-11-8-6-10/h3-8H2,1-2H3. The van der Waals surface area contributed by atoms with Gasteiger partial charge < -0.3 is 4.74 Å². The molecule has 1 aliphatic heterocycles. The monoisotopic (exact) mass is 156 g/mol. The Hall–Kier alpha value is -0.0800. The minimum atomic E-state index is 0.906. The molecule has 1 radical (unpaired) electrons. The molecule has 0 aromatic rings. The molecule has 65 valence electrons. The van der Waals surface area contributed by atoms with Crippen LogP contribution in [0.1, 0.15) is 26.7 Å². The molecule has 0 aliphatic carbocycles. The molecule has 0 unspecified atom stereocenters. The number of nitrogens with zero attached hydrogens (tertiary/aromatic N) is 1. The fourth-order valence-electron chi connectivity index (χ4n) is 1.58. The van der Waals surface area contributed by atoms with Crippen LogP contribution in [-0.4, -0.2) is 31.2 Å². The molecule has 1 fully saturated rings. The molecular formula is C9H18NO. The molecule has 0 N–H and O–H groups in total. The van der Waals surface area contributed by atoms with Gasteiger partial charge in [-0.1, -0.05) is 13.8 Å². The van der Waals surface area contributed by atoms with Crippen LogP contribution in [0.2, 0.25) is 0 Å². The van der Waals surface area contributed by atoms with E-state index >= 15 is 0 Å². The minimum absolute atomic E-state index is 0.906. The van der Waals surface area contributed by atoms with Gasteiger partial charge in [-0.3, -0.25) is 4.90 Å². The van der Waals surface area contributed by atoms with Gasteiger partial charge in [-0.05, 0) is 12.8 Å². The Labute approximate surface area is 69.5 Å². The zero-order valence-electron chi connectivity index (χ0n) is 7.60. The fourth-order valence-corrected chi connectivity index (χ4v) is 1.58. The molecule has 1 aliphatic rings. The van der Waals surface area contributed by atoms with Gasteiger partial charge in [0.05, 0.1) is 13.2 Å². The molecular weight excluding hydrogens is 138 g/mol. The number of rotatable bonds is 3. The molecule has 0 aromatic carbocycles. The first-order valence-electron chi connectivity index (χ1n) is 4.55. The third-order valence-electron chi connectivity index (χ3n) is 2.27. The molecule has 2 heteroatoms. The van der Waals surface area contributed by atoms with Gasteiger partial charge in [0.1, 0.15) is 0 Å². The van der Waals surface area contributed by atoms with Crippen molar-refractivity contribution in [2.45, 2.75) is 26.7 Å². The predicted octanol–water partition coefficient (Wildman–Crippen LogP) is 1.67. The third kappa shape index (κ3) is 2.46. The zero-order valence-corrected chi connectivity index (χ0v) is 7.60. The van der Waals surface area contributed by atoms with Gasteiger partial charge in [-0.25, -0.2) is 0 Å². The lowest BCUT2D eigenvalue weighted by Crippen LogP contribution is -2.38. The van der Waals surface area contributed by atoms with Crippen molar-refractivity contribution in [2.75, 3.05) is 26.3 Å². The Morgan fingerprint density at radius 3 is 2.18 bits per heavy atom. The van der Waals surface area contributed by atoms with E-state index in [2.05, 4.69) is 18.7 Å². The molecule has 1 heterocycles. The molecule has 0 atom stereocenters. The van der Waals surface area contributed by atoms with Gasteiger partial charge in [0, 0.05) is 19.1 Å². The smallest absolute Gasteiger partial charge is 0.0594 e. The minimum Gasteiger partial charge on any atom is -0.379 e. The van der Waals surface area contributed by atoms with Crippen molar-refractivity contribution >= 4 is 0 Å². The van der Waals surface area contributed by atoms with Crippen LogP contribution in [0.25, 0.3) is 0 Å². The SMILES string of the molecule is CC[C](CC)N1CCOCC1. The molecule has 0 saturated carbocycles. The van der Waals surface area contributed by atoms with Gasteiger partial charge in [-0.2, -0.15) is 0 Å². The van der Waals surface area contributed by atoms with Gasteiger partial charge in [0.25, 0.3) is 0 Å². The fraction of sp³-hybridized carbons (Fsp3) is 0.889. The van der Waals surface area contributed by atoms with E-state index in [1.54, 1.807) is 6.04 Å². The highest BCUT2D eigenvalue weighted by Crippen LogP contribution is 2.17. The second kappa shape index (κ2) is 4.73. The van der Waals surface area contributed by atoms with Gasteiger partial charge in [-0.15, -0.1) is 0 Å². The Morgan fingerprint density at radius 1 is 1.18 bits per heavy atom. The van der Waals surface area contributed by atoms with Crippen LogP contribution in [0.5, 0.6) is 0 Å². The first-order valence-corrected chi connectivity index (χ1v) is 4.55. The molecule has 0 bridgehead atoms. The van der Waals surface area contributed by atoms with Crippen molar-refractivity contribution in [1.29, 1.82) is 0 Å². The summed E-state index contributed by atoms with van der Waals surface area (Å²) >= 11 is 0. The first kappa shape index (κ1) is 9.01. The molecule has 1 rings (SSSR count). The Morgan fingerprint density at radius 2 is 1.73 bits per heavy atom. The van der Waals surface area contributed by atoms with Crippen LogP contribution in [0.3, 0.4) is 0 Å². The van der Waals surface area contributed by atoms with E-state index in [4.69, 9.17) is 4.74 Å². The van der Waals surface area contributed by atoms with E-state index in [1.807, 2.05) is 0 Å². The summed E-state index contributed by atoms with van der Waals surface area (Å²) in [6.07, 6.45) is 2.38. The summed E-state index contributed by atoms with van der Waals surface area (Å²) in [6.45, 7) is 8.46. The quantitative estimate of drug-likeness (QED) is 0.616. The van der Waals surface area contributed by atoms with Crippen LogP contribution in [-0.2, 0) is 4.74 Å². The zero-order chi connectivity index (χ0) is 8.10. The maximum atomic E-state index is 5.28. The van der Waals surface area contributed by atoms with E-state index in [9.17, 15) is 0 Å². The average molecular weight is 156 g/mol. The van der Waals surface area contributed by atoms with E-state index in [1.165, 1.54) is 12.8 Å². The van der Waals surface area contributed by atoms with E-state index < -0.39 is 0 Å². The van der Waals surface area contributed by atoms with Crippen LogP contribution >= 0.6 is 0 Å². The summed E-state index contributed by atoms with van der Waals surface area (Å²) in [7, 11) is 0. The molecule has 0 amide bonds. The molecule has 0 spiro atoms. The van der Waals surface area contributed by atoms with Crippen molar-refractivity contribution in [3.63, 3.8) is 0 Å². The predicted molar refractivity (Wildman–Crippen MR) is 46.2 cm³/mol. The number of ether oxygens (including phenoxy) is 1. The average Bonchev–Trinajstić information content (AvgIpc) is 2.09.